The Morgan fingerprint density at radius 2 is 1.94 bits per heavy atom. The molecule has 2 saturated heterocycles. The molecule has 17 heteroatoms. The maximum Gasteiger partial charge on any atom is 0.411 e. The molecule has 64 heavy (non-hydrogen) atoms. The van der Waals surface area contributed by atoms with Gasteiger partial charge in [-0.3, -0.25) is 19.9 Å². The molecule has 342 valence electrons. The molecule has 1 amide bonds. The fraction of sp³-hybridized carbons (Fsp3) is 0.489. The van der Waals surface area contributed by atoms with E-state index in [4.69, 9.17) is 34.9 Å². The lowest BCUT2D eigenvalue weighted by Crippen LogP contribution is -2.60. The number of aromatic nitrogens is 2. The number of nitrogens with one attached hydrogen (secondary N) is 3. The molecule has 2 aliphatic heterocycles. The molecule has 6 rings (SSSR count). The van der Waals surface area contributed by atoms with E-state index in [1.54, 1.807) is 56.5 Å². The fourth-order valence-corrected chi connectivity index (χ4v) is 9.99. The number of hydrogen-bond acceptors (Lipinski definition) is 14. The Labute approximate surface area is 385 Å². The Bertz CT molecular complexity index is 2500. The summed E-state index contributed by atoms with van der Waals surface area (Å²) in [7, 11) is 0.655. The highest BCUT2D eigenvalue weighted by atomic mass is 32.8. The number of H-pyrrole nitrogens is 1. The number of aromatic amines is 1. The van der Waals surface area contributed by atoms with Gasteiger partial charge in [0, 0.05) is 58.7 Å². The number of allylic oxidation sites excluding steroid dienone is 3. The predicted molar refractivity (Wildman–Crippen MR) is 252 cm³/mol. The summed E-state index contributed by atoms with van der Waals surface area (Å²) in [6, 6.07) is 7.09. The summed E-state index contributed by atoms with van der Waals surface area (Å²) in [4.78, 5) is 49.7. The first-order valence-electron chi connectivity index (χ1n) is 21.1. The zero-order chi connectivity index (χ0) is 46.3. The summed E-state index contributed by atoms with van der Waals surface area (Å²) in [5, 5.41) is 29.4. The van der Waals surface area contributed by atoms with Crippen molar-refractivity contribution in [3.63, 3.8) is 0 Å². The van der Waals surface area contributed by atoms with Gasteiger partial charge >= 0.3 is 6.09 Å². The number of carbonyl (C=O) groups excluding carboxylic acids is 3. The lowest BCUT2D eigenvalue weighted by atomic mass is 9.84. The highest BCUT2D eigenvalue weighted by molar-refractivity contribution is 8.28. The number of benzene rings is 1. The number of Topliss-reactive ketones (excluding diaryl/α,β-unsaturated/α-hetero) is 2. The zero-order valence-electron chi connectivity index (χ0n) is 37.2. The van der Waals surface area contributed by atoms with Gasteiger partial charge in [-0.05, 0) is 88.1 Å². The monoisotopic (exact) mass is 932 g/mol. The van der Waals surface area contributed by atoms with Gasteiger partial charge in [-0.25, -0.2) is 4.79 Å². The van der Waals surface area contributed by atoms with Crippen LogP contribution in [0.4, 0.5) is 4.79 Å². The second kappa shape index (κ2) is 21.7. The molecular weight excluding hydrogens is 877 g/mol. The van der Waals surface area contributed by atoms with Gasteiger partial charge in [0.2, 0.25) is 5.78 Å². The topological polar surface area (TPSA) is 191 Å². The number of amides is 1. The number of aliphatic hydroxyl groups is 1. The molecule has 1 aliphatic carbocycles. The molecule has 0 bridgehead atoms. The van der Waals surface area contributed by atoms with Crippen molar-refractivity contribution in [2.45, 2.75) is 120 Å². The number of aliphatic hydroxyl groups excluding tert-OH is 1. The van der Waals surface area contributed by atoms with E-state index >= 15 is 4.79 Å². The number of phenolic OH excluding ortho intramolecular Hbond substituents is 1. The summed E-state index contributed by atoms with van der Waals surface area (Å²) in [6.45, 7) is 9.62. The second-order valence-corrected chi connectivity index (χ2v) is 20.5. The normalized spacial score (nSPS) is 27.9. The van der Waals surface area contributed by atoms with Crippen LogP contribution in [0.3, 0.4) is 0 Å². The minimum absolute atomic E-state index is 0.0666. The Morgan fingerprint density at radius 3 is 2.62 bits per heavy atom. The first-order chi connectivity index (χ1) is 30.6. The molecule has 2 fully saturated rings. The summed E-state index contributed by atoms with van der Waals surface area (Å²) < 4.78 is 30.7. The maximum atomic E-state index is 15.2. The minimum Gasteiger partial charge on any atom is -0.508 e. The molecule has 0 saturated carbocycles. The summed E-state index contributed by atoms with van der Waals surface area (Å²) in [5.74, 6) is 11.2. The Morgan fingerprint density at radius 1 is 1.17 bits per heavy atom. The largest absolute Gasteiger partial charge is 0.508 e. The van der Waals surface area contributed by atoms with Crippen molar-refractivity contribution in [1.82, 2.24) is 20.6 Å². The number of phenols is 1. The van der Waals surface area contributed by atoms with Crippen LogP contribution in [-0.2, 0) is 49.1 Å². The van der Waals surface area contributed by atoms with E-state index in [2.05, 4.69) is 58.1 Å². The molecule has 5 N–H and O–H groups in total. The zero-order valence-corrected chi connectivity index (χ0v) is 39.6. The van der Waals surface area contributed by atoms with E-state index in [0.717, 1.165) is 22.7 Å². The Kier molecular flexibility index (Phi) is 16.6. The van der Waals surface area contributed by atoms with Crippen molar-refractivity contribution in [2.24, 2.45) is 0 Å². The van der Waals surface area contributed by atoms with Crippen LogP contribution in [-0.4, -0.2) is 123 Å². The molecule has 10 atom stereocenters. The van der Waals surface area contributed by atoms with Crippen LogP contribution >= 0.6 is 11.8 Å². The summed E-state index contributed by atoms with van der Waals surface area (Å²) in [6.07, 6.45) is 3.62. The van der Waals surface area contributed by atoms with Crippen LogP contribution in [0, 0.1) is 23.7 Å². The van der Waals surface area contributed by atoms with Crippen LogP contribution in [0.15, 0.2) is 65.5 Å². The number of ketones is 2. The summed E-state index contributed by atoms with van der Waals surface area (Å²) in [5.41, 5.74) is 1.69. The molecule has 0 spiro atoms. The second-order valence-electron chi connectivity index (χ2n) is 16.1. The lowest BCUT2D eigenvalue weighted by molar-refractivity contribution is -0.302. The number of thioether (sulfide) groups is 1. The SMILES string of the molecule is CC#C/C=C\C#C[C@H](OC1OC(C)C(SC)(C(=O)c2nccc3c2[nH]c2ccc(O)cc23)CC1OC1CCC(NC(C)C)C(C)O1)C1=C(NC(=O)OC)C(=O)C[C@H](O)/C1=C/CS(C)=S. The van der Waals surface area contributed by atoms with Crippen molar-refractivity contribution in [3.05, 3.63) is 71.2 Å². The van der Waals surface area contributed by atoms with Crippen LogP contribution in [0.5, 0.6) is 5.75 Å². The van der Waals surface area contributed by atoms with Gasteiger partial charge in [-0.2, -0.15) is 0 Å². The number of aromatic hydroxyl groups is 1. The molecule has 3 aromatic rings. The molecule has 3 aliphatic rings. The fourth-order valence-electron chi connectivity index (χ4n) is 8.38. The van der Waals surface area contributed by atoms with Crippen LogP contribution in [0.1, 0.15) is 70.8 Å². The average molecular weight is 933 g/mol. The van der Waals surface area contributed by atoms with E-state index in [1.807, 2.05) is 19.4 Å². The number of fused-ring (bicyclic) bond motifs is 3. The van der Waals surface area contributed by atoms with Crippen molar-refractivity contribution < 1.29 is 48.3 Å². The van der Waals surface area contributed by atoms with Crippen LogP contribution in [0.2, 0.25) is 0 Å². The van der Waals surface area contributed by atoms with E-state index in [1.165, 1.54) is 24.9 Å². The van der Waals surface area contributed by atoms with Gasteiger partial charge in [0.15, 0.2) is 18.4 Å². The number of nitrogens with zero attached hydrogens (tertiary/aromatic N) is 1. The van der Waals surface area contributed by atoms with Crippen molar-refractivity contribution in [1.29, 1.82) is 0 Å². The number of rotatable bonds is 13. The van der Waals surface area contributed by atoms with E-state index in [-0.39, 0.29) is 59.5 Å². The predicted octanol–water partition coefficient (Wildman–Crippen LogP) is 5.67. The molecular formula is C47H56N4O10S3. The molecule has 14 nitrogen and oxygen atoms in total. The van der Waals surface area contributed by atoms with E-state index in [0.29, 0.717) is 23.3 Å². The number of pyridine rings is 1. The third-order valence-corrected chi connectivity index (χ3v) is 13.9. The lowest BCUT2D eigenvalue weighted by Gasteiger charge is -2.48. The molecule has 0 radical (unpaired) electrons. The van der Waals surface area contributed by atoms with Crippen molar-refractivity contribution in [3.8, 4) is 29.4 Å². The quantitative estimate of drug-likeness (QED) is 0.104. The Balaban J connectivity index is 1.47. The maximum absolute atomic E-state index is 15.2. The first kappa shape index (κ1) is 49.0. The number of ether oxygens (including phenoxy) is 5. The highest BCUT2D eigenvalue weighted by Crippen LogP contribution is 2.45. The molecule has 4 heterocycles. The van der Waals surface area contributed by atoms with Gasteiger partial charge in [-0.1, -0.05) is 48.9 Å². The number of alkyl carbamates (subject to hydrolysis) is 1. The first-order valence-corrected chi connectivity index (χ1v) is 25.0. The Hall–Kier alpha value is -4.40. The van der Waals surface area contributed by atoms with Gasteiger partial charge in [-0.15, -0.1) is 27.1 Å². The molecule has 8 unspecified atom stereocenters. The van der Waals surface area contributed by atoms with Gasteiger partial charge in [0.05, 0.1) is 36.6 Å². The number of methoxy groups -OCH3 is 1. The minimum atomic E-state index is -1.33. The molecule has 2 aromatic heterocycles. The average Bonchev–Trinajstić information content (AvgIpc) is 3.63. The molecule has 1 aromatic carbocycles. The van der Waals surface area contributed by atoms with E-state index < -0.39 is 63.1 Å². The third-order valence-electron chi connectivity index (χ3n) is 11.5. The van der Waals surface area contributed by atoms with Gasteiger partial charge in [0.25, 0.3) is 0 Å². The third kappa shape index (κ3) is 11.0. The smallest absolute Gasteiger partial charge is 0.411 e. The van der Waals surface area contributed by atoms with E-state index in [9.17, 15) is 19.8 Å². The van der Waals surface area contributed by atoms with Crippen molar-refractivity contribution in [2.75, 3.05) is 25.4 Å². The van der Waals surface area contributed by atoms with Crippen LogP contribution in [0.25, 0.3) is 21.8 Å². The summed E-state index contributed by atoms with van der Waals surface area (Å²) >= 11 is 6.82. The van der Waals surface area contributed by atoms with Crippen molar-refractivity contribution >= 4 is 71.9 Å². The van der Waals surface area contributed by atoms with Crippen LogP contribution < -0.4 is 10.6 Å². The highest BCUT2D eigenvalue weighted by Gasteiger charge is 2.55. The standard InChI is InChI=1S/C47H56N4O10S3/c1-9-10-11-12-13-14-37(40-31(20-22-64(8)62)35(53)24-36(54)42(40)51-46(56)57-6)61-45-38(60-39-18-17-33(27(4)58-39)49-26(2)3)25-47(63-7,28(5)59-45)44(55)43-41-30(19-21-48-43)32-23-29(52)15-16-34(32)50-41/h11-12,15-16,19-21,23,26-28,33,35,37-39,45,49-50,52-53H,17-18,22,24-25H2,1-8H3,(H,51,56)/b12-11-,31-20-/t27?,28?,33?,35-,37-,38?,39?,45?,47?,64?/m0/s1. The number of hydrogen-bond donors (Lipinski definition) is 5. The number of carbonyl (C=O) groups is 3. The van der Waals surface area contributed by atoms with Gasteiger partial charge < -0.3 is 44.2 Å². The van der Waals surface area contributed by atoms with Gasteiger partial charge in [0.1, 0.15) is 28.4 Å².